The van der Waals surface area contributed by atoms with Crippen LogP contribution in [0.25, 0.3) is 10.9 Å². The lowest BCUT2D eigenvalue weighted by molar-refractivity contribution is 0.462. The van der Waals surface area contributed by atoms with Gasteiger partial charge in [-0.15, -0.1) is 20.5 Å². The molecule has 134 valence electrons. The minimum absolute atomic E-state index is 0.107. The summed E-state index contributed by atoms with van der Waals surface area (Å²) in [6, 6.07) is 11.8. The zero-order chi connectivity index (χ0) is 18.8. The summed E-state index contributed by atoms with van der Waals surface area (Å²) < 4.78 is 5.81. The molecule has 0 radical (unpaired) electrons. The Morgan fingerprint density at radius 1 is 0.926 bits per heavy atom. The standard InChI is InChI=1S/C17H13N7O2S/c1-24-16(6-7-18-24)21-19-12-8-15(26)13(9-14(12)25)20-22-17-10-4-2-3-5-11(10)23-27-17/h2-9,25-26H,1H3. The Kier molecular flexibility index (Phi) is 4.30. The van der Waals surface area contributed by atoms with Gasteiger partial charge in [-0.3, -0.25) is 0 Å². The van der Waals surface area contributed by atoms with Gasteiger partial charge in [-0.05, 0) is 23.7 Å². The summed E-state index contributed by atoms with van der Waals surface area (Å²) in [6.45, 7) is 0. The number of hydrogen-bond acceptors (Lipinski definition) is 9. The molecule has 0 aliphatic rings. The minimum atomic E-state index is -0.179. The van der Waals surface area contributed by atoms with Crippen LogP contribution in [0.2, 0.25) is 0 Å². The van der Waals surface area contributed by atoms with Crippen molar-refractivity contribution in [3.63, 3.8) is 0 Å². The van der Waals surface area contributed by atoms with Crippen LogP contribution in [0.3, 0.4) is 0 Å². The molecule has 0 aliphatic carbocycles. The molecule has 9 nitrogen and oxygen atoms in total. The normalized spacial score (nSPS) is 11.9. The van der Waals surface area contributed by atoms with Crippen LogP contribution in [0.1, 0.15) is 0 Å². The third-order valence-electron chi connectivity index (χ3n) is 3.74. The highest BCUT2D eigenvalue weighted by Gasteiger charge is 2.10. The summed E-state index contributed by atoms with van der Waals surface area (Å²) in [5.41, 5.74) is 1.05. The Morgan fingerprint density at radius 2 is 1.63 bits per heavy atom. The molecule has 0 unspecified atom stereocenters. The second-order valence-electron chi connectivity index (χ2n) is 5.55. The third kappa shape index (κ3) is 3.37. The quantitative estimate of drug-likeness (QED) is 0.370. The van der Waals surface area contributed by atoms with Crippen LogP contribution >= 0.6 is 11.5 Å². The smallest absolute Gasteiger partial charge is 0.172 e. The van der Waals surface area contributed by atoms with Crippen molar-refractivity contribution < 1.29 is 10.2 Å². The molecule has 2 aromatic heterocycles. The molecule has 0 bridgehead atoms. The highest BCUT2D eigenvalue weighted by atomic mass is 32.1. The lowest BCUT2D eigenvalue weighted by Crippen LogP contribution is -1.86. The Bertz CT molecular complexity index is 1180. The predicted octanol–water partition coefficient (Wildman–Crippen LogP) is 5.27. The number of aryl methyl sites for hydroxylation is 1. The van der Waals surface area contributed by atoms with E-state index >= 15 is 0 Å². The van der Waals surface area contributed by atoms with Gasteiger partial charge in [0, 0.05) is 30.6 Å². The van der Waals surface area contributed by atoms with E-state index in [0.29, 0.717) is 10.8 Å². The molecule has 2 aromatic carbocycles. The molecule has 4 rings (SSSR count). The number of aromatic hydroxyl groups is 2. The maximum absolute atomic E-state index is 10.2. The van der Waals surface area contributed by atoms with Gasteiger partial charge >= 0.3 is 0 Å². The SMILES string of the molecule is Cn1nccc1N=Nc1cc(O)c(N=Nc2snc3ccccc23)cc1O. The van der Waals surface area contributed by atoms with E-state index in [2.05, 4.69) is 29.9 Å². The van der Waals surface area contributed by atoms with E-state index in [4.69, 9.17) is 0 Å². The van der Waals surface area contributed by atoms with Crippen molar-refractivity contribution >= 4 is 44.6 Å². The zero-order valence-electron chi connectivity index (χ0n) is 14.1. The molecule has 2 N–H and O–H groups in total. The number of benzene rings is 2. The van der Waals surface area contributed by atoms with Crippen LogP contribution in [-0.4, -0.2) is 24.4 Å². The van der Waals surface area contributed by atoms with E-state index in [1.165, 1.54) is 28.3 Å². The van der Waals surface area contributed by atoms with Crippen LogP contribution in [0.15, 0.2) is 69.1 Å². The number of aromatic nitrogens is 3. The van der Waals surface area contributed by atoms with Gasteiger partial charge in [0.15, 0.2) is 10.8 Å². The van der Waals surface area contributed by atoms with Crippen LogP contribution in [0, 0.1) is 0 Å². The first-order chi connectivity index (χ1) is 13.1. The van der Waals surface area contributed by atoms with E-state index in [9.17, 15) is 10.2 Å². The number of fused-ring (bicyclic) bond motifs is 1. The molecule has 0 saturated heterocycles. The number of azo groups is 2. The number of rotatable bonds is 4. The Labute approximate surface area is 157 Å². The third-order valence-corrected chi connectivity index (χ3v) is 4.50. The van der Waals surface area contributed by atoms with Crippen molar-refractivity contribution in [2.75, 3.05) is 0 Å². The van der Waals surface area contributed by atoms with Gasteiger partial charge < -0.3 is 10.2 Å². The Morgan fingerprint density at radius 3 is 2.33 bits per heavy atom. The molecule has 27 heavy (non-hydrogen) atoms. The summed E-state index contributed by atoms with van der Waals surface area (Å²) in [5, 5.41) is 41.9. The predicted molar refractivity (Wildman–Crippen MR) is 101 cm³/mol. The molecule has 2 heterocycles. The van der Waals surface area contributed by atoms with Crippen LogP contribution in [0.4, 0.5) is 22.2 Å². The van der Waals surface area contributed by atoms with E-state index < -0.39 is 0 Å². The summed E-state index contributed by atoms with van der Waals surface area (Å²) in [4.78, 5) is 0. The van der Waals surface area contributed by atoms with Crippen LogP contribution < -0.4 is 0 Å². The first kappa shape index (κ1) is 16.8. The fourth-order valence-corrected chi connectivity index (χ4v) is 3.02. The molecule has 0 fully saturated rings. The van der Waals surface area contributed by atoms with Gasteiger partial charge in [-0.25, -0.2) is 4.68 Å². The number of phenolic OH excluding ortho intramolecular Hbond substituents is 2. The van der Waals surface area contributed by atoms with Crippen molar-refractivity contribution in [2.45, 2.75) is 0 Å². The maximum atomic E-state index is 10.2. The zero-order valence-corrected chi connectivity index (χ0v) is 14.9. The molecule has 0 spiro atoms. The highest BCUT2D eigenvalue weighted by molar-refractivity contribution is 7.11. The van der Waals surface area contributed by atoms with Crippen molar-refractivity contribution in [3.05, 3.63) is 48.7 Å². The first-order valence-electron chi connectivity index (χ1n) is 7.84. The fraction of sp³-hybridized carbons (Fsp3) is 0.0588. The number of hydrogen-bond donors (Lipinski definition) is 2. The highest BCUT2D eigenvalue weighted by Crippen LogP contribution is 2.40. The maximum Gasteiger partial charge on any atom is 0.172 e. The Balaban J connectivity index is 1.62. The second kappa shape index (κ2) is 6.92. The summed E-state index contributed by atoms with van der Waals surface area (Å²) in [6.07, 6.45) is 1.58. The van der Waals surface area contributed by atoms with E-state index in [0.717, 1.165) is 10.9 Å². The molecular weight excluding hydrogens is 366 g/mol. The van der Waals surface area contributed by atoms with Gasteiger partial charge in [-0.1, -0.05) is 12.1 Å². The van der Waals surface area contributed by atoms with Gasteiger partial charge in [0.1, 0.15) is 22.9 Å². The average Bonchev–Trinajstić information content (AvgIpc) is 3.27. The second-order valence-corrected chi connectivity index (χ2v) is 6.30. The average molecular weight is 379 g/mol. The van der Waals surface area contributed by atoms with Gasteiger partial charge in [-0.2, -0.15) is 9.47 Å². The molecule has 0 saturated carbocycles. The lowest BCUT2D eigenvalue weighted by atomic mass is 10.2. The van der Waals surface area contributed by atoms with Gasteiger partial charge in [0.25, 0.3) is 0 Å². The number of nitrogens with zero attached hydrogens (tertiary/aromatic N) is 7. The molecule has 0 aliphatic heterocycles. The van der Waals surface area contributed by atoms with E-state index in [1.54, 1.807) is 19.3 Å². The summed E-state index contributed by atoms with van der Waals surface area (Å²) >= 11 is 1.21. The van der Waals surface area contributed by atoms with Crippen molar-refractivity contribution in [1.82, 2.24) is 14.2 Å². The number of phenols is 2. The van der Waals surface area contributed by atoms with Crippen molar-refractivity contribution in [2.24, 2.45) is 27.5 Å². The van der Waals surface area contributed by atoms with Crippen molar-refractivity contribution in [3.8, 4) is 11.5 Å². The topological polar surface area (TPSA) is 121 Å². The van der Waals surface area contributed by atoms with Crippen LogP contribution in [-0.2, 0) is 7.05 Å². The molecular formula is C17H13N7O2S. The Hall–Kier alpha value is -3.66. The summed E-state index contributed by atoms with van der Waals surface area (Å²) in [7, 11) is 1.72. The largest absolute Gasteiger partial charge is 0.506 e. The molecule has 4 aromatic rings. The first-order valence-corrected chi connectivity index (χ1v) is 8.61. The molecule has 0 amide bonds. The van der Waals surface area contributed by atoms with Gasteiger partial charge in [0.05, 0.1) is 11.7 Å². The molecule has 0 atom stereocenters. The van der Waals surface area contributed by atoms with E-state index in [1.807, 2.05) is 24.3 Å². The van der Waals surface area contributed by atoms with Crippen LogP contribution in [0.5, 0.6) is 11.5 Å². The lowest BCUT2D eigenvalue weighted by Gasteiger charge is -2.02. The van der Waals surface area contributed by atoms with Crippen molar-refractivity contribution in [1.29, 1.82) is 0 Å². The monoisotopic (exact) mass is 379 g/mol. The minimum Gasteiger partial charge on any atom is -0.506 e. The molecule has 10 heteroatoms. The van der Waals surface area contributed by atoms with E-state index in [-0.39, 0.29) is 22.9 Å². The van der Waals surface area contributed by atoms with Gasteiger partial charge in [0.2, 0.25) is 0 Å². The fourth-order valence-electron chi connectivity index (χ4n) is 2.33. The summed E-state index contributed by atoms with van der Waals surface area (Å²) in [5.74, 6) is 0.154.